The predicted octanol–water partition coefficient (Wildman–Crippen LogP) is 3.42. The van der Waals surface area contributed by atoms with Crippen LogP contribution in [0.4, 0.5) is 0 Å². The molecule has 184 valence electrons. The van der Waals surface area contributed by atoms with Gasteiger partial charge >= 0.3 is 0 Å². The van der Waals surface area contributed by atoms with Crippen LogP contribution >= 0.6 is 0 Å². The van der Waals surface area contributed by atoms with Crippen LogP contribution in [0.5, 0.6) is 0 Å². The Morgan fingerprint density at radius 3 is 2.39 bits per heavy atom. The molecule has 0 aromatic rings. The lowest BCUT2D eigenvalue weighted by Crippen LogP contribution is -2.64. The second-order valence-corrected chi connectivity index (χ2v) is 11.7. The number of ether oxygens (including phenoxy) is 6. The third-order valence-corrected chi connectivity index (χ3v) is 8.57. The van der Waals surface area contributed by atoms with Crippen LogP contribution in [0.25, 0.3) is 0 Å². The monoisotopic (exact) mass is 462 g/mol. The van der Waals surface area contributed by atoms with Crippen LogP contribution in [0.1, 0.15) is 48.0 Å². The highest BCUT2D eigenvalue weighted by molar-refractivity contribution is 5.94. The average Bonchev–Trinajstić information content (AvgIpc) is 3.36. The number of Topliss-reactive ketones (excluding diaryl/α,β-unsaturated/α-hetero) is 1. The van der Waals surface area contributed by atoms with Gasteiger partial charge in [-0.15, -0.1) is 0 Å². The maximum Gasteiger partial charge on any atom is 0.185 e. The third kappa shape index (κ3) is 3.58. The van der Waals surface area contributed by atoms with Crippen molar-refractivity contribution in [2.75, 3.05) is 26.9 Å². The van der Waals surface area contributed by atoms with E-state index in [0.717, 1.165) is 0 Å². The van der Waals surface area contributed by atoms with E-state index in [0.29, 0.717) is 26.2 Å². The Hall–Kier alpha value is -1.09. The quantitative estimate of drug-likeness (QED) is 0.470. The number of epoxide rings is 1. The number of ketones is 1. The van der Waals surface area contributed by atoms with Crippen molar-refractivity contribution in [2.45, 2.75) is 83.5 Å². The minimum atomic E-state index is -1.18. The first-order chi connectivity index (χ1) is 15.4. The van der Waals surface area contributed by atoms with Gasteiger partial charge in [0, 0.05) is 29.8 Å². The zero-order chi connectivity index (χ0) is 23.9. The van der Waals surface area contributed by atoms with Crippen molar-refractivity contribution in [1.82, 2.24) is 0 Å². The first-order valence-electron chi connectivity index (χ1n) is 12.1. The van der Waals surface area contributed by atoms with Crippen LogP contribution in [-0.4, -0.2) is 68.2 Å². The minimum absolute atomic E-state index is 0.00397. The molecule has 3 heterocycles. The molecule has 7 nitrogen and oxygen atoms in total. The van der Waals surface area contributed by atoms with Crippen LogP contribution in [-0.2, 0) is 33.2 Å². The first kappa shape index (κ1) is 23.6. The Morgan fingerprint density at radius 2 is 1.73 bits per heavy atom. The van der Waals surface area contributed by atoms with E-state index < -0.39 is 28.0 Å². The van der Waals surface area contributed by atoms with Gasteiger partial charge in [-0.3, -0.25) is 4.79 Å². The molecular weight excluding hydrogens is 424 g/mol. The fourth-order valence-electron chi connectivity index (χ4n) is 6.64. The molecule has 0 aromatic heterocycles. The highest BCUT2D eigenvalue weighted by Gasteiger charge is 2.68. The Balaban J connectivity index is 1.61. The van der Waals surface area contributed by atoms with Crippen molar-refractivity contribution < 1.29 is 33.2 Å². The van der Waals surface area contributed by atoms with Gasteiger partial charge in [0.2, 0.25) is 0 Å². The standard InChI is InChI=1S/C26H38O7/c1-22(2)14-18-21(32-18)24(5)9-8-17-16(15-31-23(3,4)33-17)19(24)20(27)26(22,28-7)11-10-25(6)29-12-13-30-25/h8-11,16-19,21H,12-15H2,1-7H3/b11-10+/t16-,17+,18-,19-,21-,24-,26-/m1/s1. The number of carbonyl (C=O) groups is 1. The van der Waals surface area contributed by atoms with E-state index in [2.05, 4.69) is 32.9 Å². The lowest BCUT2D eigenvalue weighted by Gasteiger charge is -2.54. The van der Waals surface area contributed by atoms with Crippen molar-refractivity contribution in [3.8, 4) is 0 Å². The van der Waals surface area contributed by atoms with Gasteiger partial charge in [0.1, 0.15) is 5.60 Å². The fourth-order valence-corrected chi connectivity index (χ4v) is 6.64. The van der Waals surface area contributed by atoms with Gasteiger partial charge in [-0.25, -0.2) is 0 Å². The summed E-state index contributed by atoms with van der Waals surface area (Å²) in [4.78, 5) is 14.7. The Labute approximate surface area is 196 Å². The molecule has 1 saturated carbocycles. The molecule has 0 spiro atoms. The molecule has 0 bridgehead atoms. The molecule has 7 atom stereocenters. The molecule has 5 aliphatic rings. The van der Waals surface area contributed by atoms with Crippen LogP contribution in [0.2, 0.25) is 0 Å². The number of carbonyl (C=O) groups excluding carboxylic acids is 1. The van der Waals surface area contributed by atoms with Gasteiger partial charge in [-0.1, -0.05) is 32.9 Å². The average molecular weight is 463 g/mol. The van der Waals surface area contributed by atoms with Crippen molar-refractivity contribution >= 4 is 5.78 Å². The van der Waals surface area contributed by atoms with Crippen molar-refractivity contribution in [1.29, 1.82) is 0 Å². The van der Waals surface area contributed by atoms with Gasteiger partial charge in [0.25, 0.3) is 0 Å². The van der Waals surface area contributed by atoms with Gasteiger partial charge in [-0.05, 0) is 39.3 Å². The normalized spacial score (nSPS) is 47.4. The summed E-state index contributed by atoms with van der Waals surface area (Å²) >= 11 is 0. The van der Waals surface area contributed by atoms with E-state index in [1.165, 1.54) is 0 Å². The lowest BCUT2D eigenvalue weighted by molar-refractivity contribution is -0.293. The molecule has 3 aliphatic heterocycles. The summed E-state index contributed by atoms with van der Waals surface area (Å²) in [6.07, 6.45) is 8.56. The summed E-state index contributed by atoms with van der Waals surface area (Å²) in [6.45, 7) is 13.5. The second kappa shape index (κ2) is 7.45. The van der Waals surface area contributed by atoms with E-state index in [4.69, 9.17) is 28.4 Å². The maximum absolute atomic E-state index is 14.7. The molecule has 33 heavy (non-hydrogen) atoms. The number of hydrogen-bond donors (Lipinski definition) is 0. The van der Waals surface area contributed by atoms with Crippen LogP contribution in [0, 0.1) is 22.7 Å². The zero-order valence-corrected chi connectivity index (χ0v) is 20.9. The van der Waals surface area contributed by atoms with Crippen LogP contribution in [0.15, 0.2) is 24.3 Å². The van der Waals surface area contributed by atoms with Crippen molar-refractivity contribution in [3.63, 3.8) is 0 Å². The molecule has 3 saturated heterocycles. The Kier molecular flexibility index (Phi) is 5.34. The third-order valence-electron chi connectivity index (χ3n) is 8.57. The van der Waals surface area contributed by atoms with Gasteiger partial charge in [-0.2, -0.15) is 0 Å². The van der Waals surface area contributed by atoms with Gasteiger partial charge in [0.05, 0.1) is 38.1 Å². The summed E-state index contributed by atoms with van der Waals surface area (Å²) < 4.78 is 36.4. The molecule has 4 fully saturated rings. The molecule has 0 radical (unpaired) electrons. The molecule has 7 heteroatoms. The highest BCUT2D eigenvalue weighted by atomic mass is 16.7. The summed E-state index contributed by atoms with van der Waals surface area (Å²) in [5, 5.41) is 0. The van der Waals surface area contributed by atoms with Crippen LogP contribution in [0.3, 0.4) is 0 Å². The summed E-state index contributed by atoms with van der Waals surface area (Å²) in [6, 6.07) is 0. The second-order valence-electron chi connectivity index (χ2n) is 11.7. The molecular formula is C26H38O7. The van der Waals surface area contributed by atoms with E-state index in [1.54, 1.807) is 7.11 Å². The molecule has 0 N–H and O–H groups in total. The van der Waals surface area contributed by atoms with E-state index in [9.17, 15) is 4.79 Å². The first-order valence-corrected chi connectivity index (χ1v) is 12.1. The zero-order valence-electron chi connectivity index (χ0n) is 20.9. The van der Waals surface area contributed by atoms with Gasteiger partial charge < -0.3 is 28.4 Å². The number of hydrogen-bond acceptors (Lipinski definition) is 7. The van der Waals surface area contributed by atoms with Crippen LogP contribution < -0.4 is 0 Å². The summed E-state index contributed by atoms with van der Waals surface area (Å²) in [7, 11) is 1.62. The lowest BCUT2D eigenvalue weighted by atomic mass is 9.53. The molecule has 5 rings (SSSR count). The van der Waals surface area contributed by atoms with E-state index in [1.807, 2.05) is 32.9 Å². The molecule has 0 aromatic carbocycles. The Bertz CT molecular complexity index is 870. The van der Waals surface area contributed by atoms with E-state index >= 15 is 0 Å². The topological polar surface area (TPSA) is 75.8 Å². The molecule has 0 amide bonds. The molecule has 2 aliphatic carbocycles. The maximum atomic E-state index is 14.7. The number of rotatable bonds is 3. The largest absolute Gasteiger partial charge is 0.369 e. The molecule has 0 unspecified atom stereocenters. The predicted molar refractivity (Wildman–Crippen MR) is 120 cm³/mol. The van der Waals surface area contributed by atoms with Gasteiger partial charge in [0.15, 0.2) is 17.4 Å². The summed E-state index contributed by atoms with van der Waals surface area (Å²) in [5.74, 6) is -2.04. The highest BCUT2D eigenvalue weighted by Crippen LogP contribution is 2.60. The smallest absolute Gasteiger partial charge is 0.185 e. The fraction of sp³-hybridized carbons (Fsp3) is 0.808. The summed E-state index contributed by atoms with van der Waals surface area (Å²) in [5.41, 5.74) is -2.16. The van der Waals surface area contributed by atoms with Crippen molar-refractivity contribution in [2.24, 2.45) is 22.7 Å². The van der Waals surface area contributed by atoms with E-state index in [-0.39, 0.29) is 35.9 Å². The van der Waals surface area contributed by atoms with Crippen molar-refractivity contribution in [3.05, 3.63) is 24.3 Å². The minimum Gasteiger partial charge on any atom is -0.369 e. The number of fused-ring (bicyclic) bond motifs is 5. The Morgan fingerprint density at radius 1 is 1.03 bits per heavy atom. The SMILES string of the molecule is CO[C@]1(/C=C/C2(C)OCCO2)C(=O)[C@H]2[C@@H]3COC(C)(C)O[C@H]3C=C[C@@]2(C)[C@@H]2O[C@@H]2CC1(C)C. The number of methoxy groups -OCH3 is 1.